The van der Waals surface area contributed by atoms with Crippen LogP contribution in [0.25, 0.3) is 0 Å². The Kier molecular flexibility index (Phi) is 10.7. The lowest BCUT2D eigenvalue weighted by molar-refractivity contribution is 0.297. The molecule has 0 saturated carbocycles. The van der Waals surface area contributed by atoms with Gasteiger partial charge in [0.05, 0.1) is 7.11 Å². The Bertz CT molecular complexity index is 500. The first-order valence-corrected chi connectivity index (χ1v) is 9.49. The van der Waals surface area contributed by atoms with Crippen molar-refractivity contribution in [3.8, 4) is 5.75 Å². The van der Waals surface area contributed by atoms with Crippen LogP contribution >= 0.6 is 0 Å². The van der Waals surface area contributed by atoms with E-state index >= 15 is 0 Å². The van der Waals surface area contributed by atoms with Crippen molar-refractivity contribution in [1.82, 2.24) is 15.1 Å². The number of methoxy groups -OCH3 is 1. The van der Waals surface area contributed by atoms with Gasteiger partial charge in [0.25, 0.3) is 0 Å². The normalized spacial score (nSPS) is 11.7. The van der Waals surface area contributed by atoms with Gasteiger partial charge in [-0.25, -0.2) is 0 Å². The van der Waals surface area contributed by atoms with Gasteiger partial charge in [-0.2, -0.15) is 0 Å². The highest BCUT2D eigenvalue weighted by Gasteiger charge is 2.09. The van der Waals surface area contributed by atoms with Gasteiger partial charge in [0.1, 0.15) is 5.75 Å². The maximum Gasteiger partial charge on any atom is 0.193 e. The molecule has 0 aliphatic rings. The van der Waals surface area contributed by atoms with Gasteiger partial charge in [0.15, 0.2) is 5.96 Å². The Balaban J connectivity index is 2.56. The van der Waals surface area contributed by atoms with E-state index in [4.69, 9.17) is 9.73 Å². The number of nitrogens with one attached hydrogen (secondary N) is 1. The Morgan fingerprint density at radius 3 is 2.48 bits per heavy atom. The molecule has 1 rings (SSSR count). The van der Waals surface area contributed by atoms with Crippen LogP contribution < -0.4 is 10.1 Å². The van der Waals surface area contributed by atoms with Gasteiger partial charge in [-0.3, -0.25) is 4.99 Å². The molecule has 142 valence electrons. The fraction of sp³-hybridized carbons (Fsp3) is 0.650. The molecule has 0 aliphatic carbocycles. The van der Waals surface area contributed by atoms with Crippen LogP contribution in [0.4, 0.5) is 0 Å². The van der Waals surface area contributed by atoms with Crippen molar-refractivity contribution in [2.75, 3.05) is 46.9 Å². The van der Waals surface area contributed by atoms with E-state index in [1.54, 1.807) is 7.11 Å². The van der Waals surface area contributed by atoms with Crippen LogP contribution in [0.2, 0.25) is 0 Å². The molecule has 0 heterocycles. The second-order valence-corrected chi connectivity index (χ2v) is 6.14. The molecule has 25 heavy (non-hydrogen) atoms. The minimum Gasteiger partial charge on any atom is -0.496 e. The van der Waals surface area contributed by atoms with E-state index in [2.05, 4.69) is 49.0 Å². The maximum absolute atomic E-state index is 5.45. The van der Waals surface area contributed by atoms with Crippen molar-refractivity contribution in [2.45, 2.75) is 40.2 Å². The smallest absolute Gasteiger partial charge is 0.193 e. The van der Waals surface area contributed by atoms with E-state index in [1.165, 1.54) is 12.0 Å². The summed E-state index contributed by atoms with van der Waals surface area (Å²) in [5.74, 6) is 1.88. The molecule has 0 bridgehead atoms. The summed E-state index contributed by atoms with van der Waals surface area (Å²) in [7, 11) is 3.79. The Morgan fingerprint density at radius 2 is 1.84 bits per heavy atom. The van der Waals surface area contributed by atoms with Crippen LogP contribution in [0.15, 0.2) is 29.3 Å². The minimum atomic E-state index is 0.773. The SMILES string of the molecule is CCNC(=NCCCCN(CC)CC)N(C)Cc1ccccc1OC. The van der Waals surface area contributed by atoms with E-state index in [0.29, 0.717) is 0 Å². The standard InChI is InChI=1S/C20H36N4O/c1-6-21-20(22-15-11-12-16-24(7-2)8-3)23(4)17-18-13-9-10-14-19(18)25-5/h9-10,13-14H,6-8,11-12,15-17H2,1-5H3,(H,21,22). The number of hydrogen-bond donors (Lipinski definition) is 1. The minimum absolute atomic E-state index is 0.773. The Hall–Kier alpha value is -1.75. The first-order valence-electron chi connectivity index (χ1n) is 9.49. The summed E-state index contributed by atoms with van der Waals surface area (Å²) < 4.78 is 5.45. The molecule has 0 atom stereocenters. The molecule has 5 heteroatoms. The molecule has 0 unspecified atom stereocenters. The monoisotopic (exact) mass is 348 g/mol. The number of nitrogens with zero attached hydrogens (tertiary/aromatic N) is 3. The van der Waals surface area contributed by atoms with Crippen molar-refractivity contribution >= 4 is 5.96 Å². The maximum atomic E-state index is 5.45. The second-order valence-electron chi connectivity index (χ2n) is 6.14. The first-order chi connectivity index (χ1) is 12.2. The summed E-state index contributed by atoms with van der Waals surface area (Å²) in [6, 6.07) is 8.14. The highest BCUT2D eigenvalue weighted by Crippen LogP contribution is 2.18. The molecule has 5 nitrogen and oxygen atoms in total. The fourth-order valence-corrected chi connectivity index (χ4v) is 2.81. The predicted octanol–water partition coefficient (Wildman–Crippen LogP) is 3.21. The molecule has 0 aliphatic heterocycles. The summed E-state index contributed by atoms with van der Waals surface area (Å²) in [6.45, 7) is 12.5. The summed E-state index contributed by atoms with van der Waals surface area (Å²) in [4.78, 5) is 9.41. The molecular formula is C20H36N4O. The second kappa shape index (κ2) is 12.6. The highest BCUT2D eigenvalue weighted by atomic mass is 16.5. The third-order valence-corrected chi connectivity index (χ3v) is 4.33. The summed E-state index contributed by atoms with van der Waals surface area (Å²) >= 11 is 0. The number of ether oxygens (including phenoxy) is 1. The van der Waals surface area contributed by atoms with E-state index < -0.39 is 0 Å². The van der Waals surface area contributed by atoms with Crippen molar-refractivity contribution < 1.29 is 4.74 Å². The molecule has 1 N–H and O–H groups in total. The van der Waals surface area contributed by atoms with Crippen molar-refractivity contribution in [2.24, 2.45) is 4.99 Å². The van der Waals surface area contributed by atoms with Crippen molar-refractivity contribution in [3.05, 3.63) is 29.8 Å². The van der Waals surface area contributed by atoms with Crippen molar-refractivity contribution in [1.29, 1.82) is 0 Å². The van der Waals surface area contributed by atoms with Crippen LogP contribution in [-0.4, -0.2) is 62.6 Å². The molecule has 0 amide bonds. The molecule has 0 spiro atoms. The van der Waals surface area contributed by atoms with Gasteiger partial charge >= 0.3 is 0 Å². The highest BCUT2D eigenvalue weighted by molar-refractivity contribution is 5.79. The zero-order valence-corrected chi connectivity index (χ0v) is 16.7. The quantitative estimate of drug-likeness (QED) is 0.379. The average Bonchev–Trinajstić information content (AvgIpc) is 2.64. The predicted molar refractivity (Wildman–Crippen MR) is 107 cm³/mol. The van der Waals surface area contributed by atoms with Crippen molar-refractivity contribution in [3.63, 3.8) is 0 Å². The largest absolute Gasteiger partial charge is 0.496 e. The average molecular weight is 349 g/mol. The molecule has 0 radical (unpaired) electrons. The number of rotatable bonds is 11. The summed E-state index contributed by atoms with van der Waals surface area (Å²) in [5, 5.41) is 3.39. The molecular weight excluding hydrogens is 312 g/mol. The van der Waals surface area contributed by atoms with Gasteiger partial charge in [0.2, 0.25) is 0 Å². The number of aliphatic imine (C=N–C) groups is 1. The zero-order valence-electron chi connectivity index (χ0n) is 16.7. The van der Waals surface area contributed by atoms with Gasteiger partial charge < -0.3 is 19.9 Å². The summed E-state index contributed by atoms with van der Waals surface area (Å²) in [6.07, 6.45) is 2.31. The number of para-hydroxylation sites is 1. The molecule has 1 aromatic rings. The molecule has 0 saturated heterocycles. The van der Waals surface area contributed by atoms with E-state index in [-0.39, 0.29) is 0 Å². The number of hydrogen-bond acceptors (Lipinski definition) is 3. The lowest BCUT2D eigenvalue weighted by Gasteiger charge is -2.23. The topological polar surface area (TPSA) is 40.1 Å². The Morgan fingerprint density at radius 1 is 1.12 bits per heavy atom. The molecule has 1 aromatic carbocycles. The lowest BCUT2D eigenvalue weighted by atomic mass is 10.2. The number of guanidine groups is 1. The Labute approximate surface area is 154 Å². The zero-order chi connectivity index (χ0) is 18.5. The summed E-state index contributed by atoms with van der Waals surface area (Å²) in [5.41, 5.74) is 1.17. The van der Waals surface area contributed by atoms with Gasteiger partial charge in [-0.05, 0) is 45.5 Å². The van der Waals surface area contributed by atoms with Gasteiger partial charge in [-0.1, -0.05) is 32.0 Å². The fourth-order valence-electron chi connectivity index (χ4n) is 2.81. The van der Waals surface area contributed by atoms with E-state index in [9.17, 15) is 0 Å². The third kappa shape index (κ3) is 7.78. The van der Waals surface area contributed by atoms with Crippen LogP contribution in [-0.2, 0) is 6.54 Å². The number of benzene rings is 1. The van der Waals surface area contributed by atoms with Crippen LogP contribution in [0.5, 0.6) is 5.75 Å². The first kappa shape index (κ1) is 21.3. The number of unbranched alkanes of at least 4 members (excludes halogenated alkanes) is 1. The van der Waals surface area contributed by atoms with E-state index in [0.717, 1.165) is 57.4 Å². The van der Waals surface area contributed by atoms with Gasteiger partial charge in [0, 0.05) is 32.2 Å². The van der Waals surface area contributed by atoms with E-state index in [1.807, 2.05) is 18.2 Å². The van der Waals surface area contributed by atoms with Gasteiger partial charge in [-0.15, -0.1) is 0 Å². The molecule has 0 aromatic heterocycles. The van der Waals surface area contributed by atoms with Crippen LogP contribution in [0.1, 0.15) is 39.2 Å². The molecule has 0 fully saturated rings. The lowest BCUT2D eigenvalue weighted by Crippen LogP contribution is -2.38. The van der Waals surface area contributed by atoms with Crippen LogP contribution in [0.3, 0.4) is 0 Å². The third-order valence-electron chi connectivity index (χ3n) is 4.33. The van der Waals surface area contributed by atoms with Crippen LogP contribution in [0, 0.1) is 0 Å².